The number of benzene rings is 1. The predicted octanol–water partition coefficient (Wildman–Crippen LogP) is 2.68. The Morgan fingerprint density at radius 1 is 1.46 bits per heavy atom. The summed E-state index contributed by atoms with van der Waals surface area (Å²) in [6, 6.07) is 7.68. The topological polar surface area (TPSA) is 39.6 Å². The summed E-state index contributed by atoms with van der Waals surface area (Å²) in [6.45, 7) is 3.71. The second-order valence-corrected chi connectivity index (χ2v) is 2.82. The zero-order valence-electron chi connectivity index (χ0n) is 7.04. The molecule has 0 aliphatic carbocycles. The largest absolute Gasteiger partial charge is 0.361 e. The van der Waals surface area contributed by atoms with Gasteiger partial charge in [0.25, 0.3) is 0 Å². The van der Waals surface area contributed by atoms with Crippen LogP contribution in [-0.2, 0) is 0 Å². The summed E-state index contributed by atoms with van der Waals surface area (Å²) in [5, 5.41) is 9.76. The molecule has 0 aliphatic rings. The Bertz CT molecular complexity index is 500. The van der Waals surface area contributed by atoms with Crippen LogP contribution in [0, 0.1) is 11.3 Å². The summed E-state index contributed by atoms with van der Waals surface area (Å²) in [4.78, 5) is 3.11. The van der Waals surface area contributed by atoms with Crippen molar-refractivity contribution in [3.63, 3.8) is 0 Å². The number of H-pyrrole nitrogens is 1. The minimum absolute atomic E-state index is 0.676. The van der Waals surface area contributed by atoms with E-state index in [2.05, 4.69) is 17.6 Å². The van der Waals surface area contributed by atoms with Crippen LogP contribution in [0.15, 0.2) is 31.0 Å². The number of aromatic nitrogens is 1. The summed E-state index contributed by atoms with van der Waals surface area (Å²) in [7, 11) is 0. The third kappa shape index (κ3) is 1.11. The fraction of sp³-hybridized carbons (Fsp3) is 0. The van der Waals surface area contributed by atoms with Gasteiger partial charge in [-0.3, -0.25) is 0 Å². The van der Waals surface area contributed by atoms with Crippen molar-refractivity contribution in [2.45, 2.75) is 0 Å². The minimum Gasteiger partial charge on any atom is -0.361 e. The molecule has 2 heteroatoms. The first kappa shape index (κ1) is 7.63. The van der Waals surface area contributed by atoms with E-state index in [0.717, 1.165) is 16.5 Å². The second-order valence-electron chi connectivity index (χ2n) is 2.82. The Morgan fingerprint density at radius 2 is 2.31 bits per heavy atom. The highest BCUT2D eigenvalue weighted by Crippen LogP contribution is 2.20. The Hall–Kier alpha value is -2.01. The van der Waals surface area contributed by atoms with Crippen molar-refractivity contribution in [3.05, 3.63) is 42.1 Å². The molecule has 0 radical (unpaired) electrons. The lowest BCUT2D eigenvalue weighted by atomic mass is 10.1. The summed E-state index contributed by atoms with van der Waals surface area (Å²) in [5.41, 5.74) is 2.75. The minimum atomic E-state index is 0.676. The number of nitriles is 1. The van der Waals surface area contributed by atoms with Crippen molar-refractivity contribution in [1.82, 2.24) is 4.98 Å². The molecule has 0 aliphatic heterocycles. The molecular weight excluding hydrogens is 160 g/mol. The van der Waals surface area contributed by atoms with Crippen molar-refractivity contribution in [3.8, 4) is 6.07 Å². The molecule has 0 saturated heterocycles. The normalized spacial score (nSPS) is 9.77. The zero-order valence-corrected chi connectivity index (χ0v) is 7.04. The van der Waals surface area contributed by atoms with Gasteiger partial charge in [0, 0.05) is 17.1 Å². The Labute approximate surface area is 76.1 Å². The molecule has 2 nitrogen and oxygen atoms in total. The number of fused-ring (bicyclic) bond motifs is 1. The SMILES string of the molecule is C=Cc1c[nH]c2ccc(C#N)cc12. The Morgan fingerprint density at radius 3 is 3.00 bits per heavy atom. The van der Waals surface area contributed by atoms with Gasteiger partial charge >= 0.3 is 0 Å². The monoisotopic (exact) mass is 168 g/mol. The molecule has 1 aromatic heterocycles. The highest BCUT2D eigenvalue weighted by molar-refractivity contribution is 5.89. The number of aromatic amines is 1. The van der Waals surface area contributed by atoms with Crippen LogP contribution in [0.4, 0.5) is 0 Å². The molecule has 0 amide bonds. The maximum atomic E-state index is 8.71. The molecule has 0 atom stereocenters. The molecule has 1 N–H and O–H groups in total. The molecule has 1 aromatic carbocycles. The van der Waals surface area contributed by atoms with E-state index in [0.29, 0.717) is 5.56 Å². The number of hydrogen-bond acceptors (Lipinski definition) is 1. The Balaban J connectivity index is 2.80. The molecule has 62 valence electrons. The molecular formula is C11H8N2. The molecule has 2 rings (SSSR count). The van der Waals surface area contributed by atoms with Gasteiger partial charge in [0.2, 0.25) is 0 Å². The number of hydrogen-bond donors (Lipinski definition) is 1. The van der Waals surface area contributed by atoms with E-state index in [4.69, 9.17) is 5.26 Å². The van der Waals surface area contributed by atoms with Gasteiger partial charge in [-0.2, -0.15) is 5.26 Å². The van der Waals surface area contributed by atoms with Gasteiger partial charge in [0.15, 0.2) is 0 Å². The maximum absolute atomic E-state index is 8.71. The third-order valence-electron chi connectivity index (χ3n) is 2.06. The first-order valence-corrected chi connectivity index (χ1v) is 3.99. The fourth-order valence-electron chi connectivity index (χ4n) is 1.38. The number of nitrogens with zero attached hydrogens (tertiary/aromatic N) is 1. The number of nitrogens with one attached hydrogen (secondary N) is 1. The molecule has 0 fully saturated rings. The van der Waals surface area contributed by atoms with Gasteiger partial charge in [-0.05, 0) is 23.8 Å². The zero-order chi connectivity index (χ0) is 9.26. The fourth-order valence-corrected chi connectivity index (χ4v) is 1.38. The van der Waals surface area contributed by atoms with Crippen LogP contribution in [0.25, 0.3) is 17.0 Å². The van der Waals surface area contributed by atoms with Crippen LogP contribution in [0.1, 0.15) is 11.1 Å². The van der Waals surface area contributed by atoms with E-state index in [1.165, 1.54) is 0 Å². The van der Waals surface area contributed by atoms with Crippen molar-refractivity contribution in [2.24, 2.45) is 0 Å². The maximum Gasteiger partial charge on any atom is 0.0991 e. The predicted molar refractivity (Wildman–Crippen MR) is 53.1 cm³/mol. The average molecular weight is 168 g/mol. The standard InChI is InChI=1S/C11H8N2/c1-2-9-7-13-11-4-3-8(6-12)5-10(9)11/h2-5,7,13H,1H2. The lowest BCUT2D eigenvalue weighted by Gasteiger charge is -1.91. The van der Waals surface area contributed by atoms with Crippen molar-refractivity contribution in [2.75, 3.05) is 0 Å². The average Bonchev–Trinajstić information content (AvgIpc) is 2.59. The molecule has 0 saturated carbocycles. The Kier molecular flexibility index (Phi) is 1.64. The highest BCUT2D eigenvalue weighted by Gasteiger charge is 2.00. The van der Waals surface area contributed by atoms with E-state index in [9.17, 15) is 0 Å². The lowest BCUT2D eigenvalue weighted by molar-refractivity contribution is 1.46. The van der Waals surface area contributed by atoms with Gasteiger partial charge in [0.1, 0.15) is 0 Å². The first-order valence-electron chi connectivity index (χ1n) is 3.99. The van der Waals surface area contributed by atoms with Crippen molar-refractivity contribution in [1.29, 1.82) is 5.26 Å². The molecule has 1 heterocycles. The van der Waals surface area contributed by atoms with E-state index < -0.39 is 0 Å². The summed E-state index contributed by atoms with van der Waals surface area (Å²) in [6.07, 6.45) is 3.67. The molecule has 0 spiro atoms. The summed E-state index contributed by atoms with van der Waals surface area (Å²) in [5.74, 6) is 0. The van der Waals surface area contributed by atoms with E-state index in [1.54, 1.807) is 12.1 Å². The van der Waals surface area contributed by atoms with Crippen molar-refractivity contribution < 1.29 is 0 Å². The van der Waals surface area contributed by atoms with Gasteiger partial charge < -0.3 is 4.98 Å². The molecule has 0 bridgehead atoms. The van der Waals surface area contributed by atoms with Crippen molar-refractivity contribution >= 4 is 17.0 Å². The smallest absolute Gasteiger partial charge is 0.0991 e. The van der Waals surface area contributed by atoms with Gasteiger partial charge in [0.05, 0.1) is 11.6 Å². The summed E-state index contributed by atoms with van der Waals surface area (Å²) >= 11 is 0. The van der Waals surface area contributed by atoms with Crippen LogP contribution < -0.4 is 0 Å². The second kappa shape index (κ2) is 2.80. The quantitative estimate of drug-likeness (QED) is 0.698. The van der Waals surface area contributed by atoms with Crippen LogP contribution in [0.5, 0.6) is 0 Å². The number of rotatable bonds is 1. The lowest BCUT2D eigenvalue weighted by Crippen LogP contribution is -1.74. The van der Waals surface area contributed by atoms with Gasteiger partial charge in [-0.25, -0.2) is 0 Å². The van der Waals surface area contributed by atoms with E-state index in [1.807, 2.05) is 18.3 Å². The third-order valence-corrected chi connectivity index (χ3v) is 2.06. The highest BCUT2D eigenvalue weighted by atomic mass is 14.7. The van der Waals surface area contributed by atoms with Gasteiger partial charge in [-0.15, -0.1) is 0 Å². The van der Waals surface area contributed by atoms with E-state index in [-0.39, 0.29) is 0 Å². The molecule has 2 aromatic rings. The summed E-state index contributed by atoms with van der Waals surface area (Å²) < 4.78 is 0. The first-order chi connectivity index (χ1) is 6.35. The van der Waals surface area contributed by atoms with Crippen LogP contribution in [-0.4, -0.2) is 4.98 Å². The van der Waals surface area contributed by atoms with Crippen LogP contribution in [0.2, 0.25) is 0 Å². The molecule has 13 heavy (non-hydrogen) atoms. The van der Waals surface area contributed by atoms with Crippen LogP contribution >= 0.6 is 0 Å². The van der Waals surface area contributed by atoms with E-state index >= 15 is 0 Å². The molecule has 0 unspecified atom stereocenters. The van der Waals surface area contributed by atoms with Crippen LogP contribution in [0.3, 0.4) is 0 Å². The van der Waals surface area contributed by atoms with Gasteiger partial charge in [-0.1, -0.05) is 12.7 Å².